The van der Waals surface area contributed by atoms with Gasteiger partial charge in [0, 0.05) is 6.54 Å². The van der Waals surface area contributed by atoms with E-state index in [1.807, 2.05) is 47.4 Å². The van der Waals surface area contributed by atoms with Gasteiger partial charge in [-0.3, -0.25) is 9.69 Å². The third-order valence-electron chi connectivity index (χ3n) is 3.72. The Labute approximate surface area is 145 Å². The number of hydrogen-bond donors (Lipinski definition) is 1. The summed E-state index contributed by atoms with van der Waals surface area (Å²) in [6, 6.07) is 19.7. The van der Waals surface area contributed by atoms with Crippen molar-refractivity contribution in [2.45, 2.75) is 13.1 Å². The third-order valence-corrected chi connectivity index (χ3v) is 3.72. The van der Waals surface area contributed by atoms with Gasteiger partial charge in [0.15, 0.2) is 0 Å². The number of furan rings is 1. The fourth-order valence-corrected chi connectivity index (χ4v) is 2.59. The number of rotatable bonds is 7. The molecule has 2 aromatic carbocycles. The van der Waals surface area contributed by atoms with Gasteiger partial charge in [-0.1, -0.05) is 42.5 Å². The molecule has 0 aliphatic carbocycles. The maximum Gasteiger partial charge on any atom is 0.238 e. The zero-order valence-corrected chi connectivity index (χ0v) is 13.7. The first kappa shape index (κ1) is 16.9. The predicted octanol–water partition coefficient (Wildman–Crippen LogP) is 4.06. The van der Waals surface area contributed by atoms with Gasteiger partial charge < -0.3 is 9.73 Å². The van der Waals surface area contributed by atoms with Crippen molar-refractivity contribution in [3.8, 4) is 0 Å². The maximum absolute atomic E-state index is 13.7. The fourth-order valence-electron chi connectivity index (χ4n) is 2.59. The smallest absolute Gasteiger partial charge is 0.238 e. The Morgan fingerprint density at radius 2 is 1.72 bits per heavy atom. The topological polar surface area (TPSA) is 45.5 Å². The van der Waals surface area contributed by atoms with Gasteiger partial charge in [-0.05, 0) is 29.8 Å². The number of nitrogens with one attached hydrogen (secondary N) is 1. The van der Waals surface area contributed by atoms with Gasteiger partial charge in [-0.2, -0.15) is 0 Å². The molecule has 0 aliphatic rings. The molecule has 0 aliphatic heterocycles. The molecule has 1 amide bonds. The van der Waals surface area contributed by atoms with Gasteiger partial charge in [-0.25, -0.2) is 4.39 Å². The number of anilines is 1. The van der Waals surface area contributed by atoms with Crippen LogP contribution >= 0.6 is 0 Å². The first-order valence-corrected chi connectivity index (χ1v) is 8.04. The maximum atomic E-state index is 13.7. The first-order valence-electron chi connectivity index (χ1n) is 8.04. The fraction of sp³-hybridized carbons (Fsp3) is 0.150. The Hall–Kier alpha value is -2.92. The summed E-state index contributed by atoms with van der Waals surface area (Å²) in [6.45, 7) is 1.21. The monoisotopic (exact) mass is 338 g/mol. The number of hydrogen-bond acceptors (Lipinski definition) is 3. The Bertz CT molecular complexity index is 804. The molecular formula is C20H19FN2O2. The highest BCUT2D eigenvalue weighted by Gasteiger charge is 2.14. The molecule has 0 spiro atoms. The second-order valence-electron chi connectivity index (χ2n) is 5.74. The summed E-state index contributed by atoms with van der Waals surface area (Å²) < 4.78 is 19.1. The highest BCUT2D eigenvalue weighted by Crippen LogP contribution is 2.14. The zero-order valence-electron chi connectivity index (χ0n) is 13.7. The Kier molecular flexibility index (Phi) is 5.59. The van der Waals surface area contributed by atoms with Crippen molar-refractivity contribution < 1.29 is 13.6 Å². The standard InChI is InChI=1S/C20H19FN2O2/c21-18-10-4-5-11-19(18)22-20(24)15-23(14-17-9-6-12-25-17)13-16-7-2-1-3-8-16/h1-12H,13-15H2,(H,22,24). The summed E-state index contributed by atoms with van der Waals surface area (Å²) in [6.07, 6.45) is 1.61. The van der Waals surface area contributed by atoms with Crippen LogP contribution in [-0.4, -0.2) is 17.4 Å². The van der Waals surface area contributed by atoms with E-state index in [0.29, 0.717) is 13.1 Å². The van der Waals surface area contributed by atoms with Crippen LogP contribution in [0.2, 0.25) is 0 Å². The van der Waals surface area contributed by atoms with Crippen LogP contribution < -0.4 is 5.32 Å². The van der Waals surface area contributed by atoms with Crippen molar-refractivity contribution in [2.75, 3.05) is 11.9 Å². The summed E-state index contributed by atoms with van der Waals surface area (Å²) >= 11 is 0. The summed E-state index contributed by atoms with van der Waals surface area (Å²) in [5.41, 5.74) is 1.28. The number of amides is 1. The van der Waals surface area contributed by atoms with Crippen LogP contribution in [0.4, 0.5) is 10.1 Å². The van der Waals surface area contributed by atoms with E-state index in [2.05, 4.69) is 5.32 Å². The Morgan fingerprint density at radius 3 is 2.44 bits per heavy atom. The third kappa shape index (κ3) is 5.02. The van der Waals surface area contributed by atoms with Crippen LogP contribution in [0.15, 0.2) is 77.4 Å². The highest BCUT2D eigenvalue weighted by atomic mass is 19.1. The van der Waals surface area contributed by atoms with Gasteiger partial charge in [0.2, 0.25) is 5.91 Å². The van der Waals surface area contributed by atoms with Crippen molar-refractivity contribution in [2.24, 2.45) is 0 Å². The second kappa shape index (κ2) is 8.26. The van der Waals surface area contributed by atoms with Crippen molar-refractivity contribution in [3.63, 3.8) is 0 Å². The SMILES string of the molecule is O=C(CN(Cc1ccccc1)Cc1ccco1)Nc1ccccc1F. The quantitative estimate of drug-likeness (QED) is 0.707. The van der Waals surface area contributed by atoms with Gasteiger partial charge in [0.05, 0.1) is 25.0 Å². The molecular weight excluding hydrogens is 319 g/mol. The summed E-state index contributed by atoms with van der Waals surface area (Å²) in [5.74, 6) is 0.0544. The second-order valence-corrected chi connectivity index (χ2v) is 5.74. The molecule has 25 heavy (non-hydrogen) atoms. The number of halogens is 1. The molecule has 4 nitrogen and oxygen atoms in total. The lowest BCUT2D eigenvalue weighted by Gasteiger charge is -2.21. The van der Waals surface area contributed by atoms with Crippen LogP contribution in [0.1, 0.15) is 11.3 Å². The van der Waals surface area contributed by atoms with Crippen LogP contribution in [0.25, 0.3) is 0 Å². The van der Waals surface area contributed by atoms with Crippen molar-refractivity contribution >= 4 is 11.6 Å². The molecule has 0 radical (unpaired) electrons. The average molecular weight is 338 g/mol. The lowest BCUT2D eigenvalue weighted by atomic mass is 10.2. The van der Waals surface area contributed by atoms with Crippen LogP contribution in [0.3, 0.4) is 0 Å². The molecule has 1 heterocycles. The Morgan fingerprint density at radius 1 is 0.960 bits per heavy atom. The van der Waals surface area contributed by atoms with Crippen LogP contribution in [0, 0.1) is 5.82 Å². The van der Waals surface area contributed by atoms with E-state index < -0.39 is 5.82 Å². The lowest BCUT2D eigenvalue weighted by Crippen LogP contribution is -2.32. The molecule has 0 bridgehead atoms. The summed E-state index contributed by atoms with van der Waals surface area (Å²) in [7, 11) is 0. The predicted molar refractivity (Wildman–Crippen MR) is 94.3 cm³/mol. The van der Waals surface area contributed by atoms with E-state index in [-0.39, 0.29) is 18.1 Å². The summed E-state index contributed by atoms with van der Waals surface area (Å²) in [5, 5.41) is 2.62. The molecule has 1 aromatic heterocycles. The van der Waals surface area contributed by atoms with Gasteiger partial charge in [0.25, 0.3) is 0 Å². The van der Waals surface area contributed by atoms with E-state index in [0.717, 1.165) is 11.3 Å². The largest absolute Gasteiger partial charge is 0.468 e. The minimum absolute atomic E-state index is 0.129. The van der Waals surface area contributed by atoms with Crippen molar-refractivity contribution in [3.05, 3.63) is 90.1 Å². The number of nitrogens with zero attached hydrogens (tertiary/aromatic N) is 1. The normalized spacial score (nSPS) is 10.8. The lowest BCUT2D eigenvalue weighted by molar-refractivity contribution is -0.117. The molecule has 1 N–H and O–H groups in total. The van der Waals surface area contributed by atoms with Gasteiger partial charge in [-0.15, -0.1) is 0 Å². The molecule has 0 fully saturated rings. The number of para-hydroxylation sites is 1. The van der Waals surface area contributed by atoms with E-state index in [1.165, 1.54) is 6.07 Å². The molecule has 0 saturated carbocycles. The first-order chi connectivity index (χ1) is 12.2. The minimum atomic E-state index is -0.448. The van der Waals surface area contributed by atoms with Gasteiger partial charge in [0.1, 0.15) is 11.6 Å². The molecule has 0 saturated heterocycles. The zero-order chi connectivity index (χ0) is 17.5. The van der Waals surface area contributed by atoms with E-state index in [1.54, 1.807) is 24.5 Å². The highest BCUT2D eigenvalue weighted by molar-refractivity contribution is 5.92. The van der Waals surface area contributed by atoms with Crippen LogP contribution in [0.5, 0.6) is 0 Å². The molecule has 0 atom stereocenters. The number of benzene rings is 2. The van der Waals surface area contributed by atoms with Crippen molar-refractivity contribution in [1.82, 2.24) is 4.90 Å². The number of carbonyl (C=O) groups is 1. The average Bonchev–Trinajstić information content (AvgIpc) is 3.11. The molecule has 3 aromatic rings. The summed E-state index contributed by atoms with van der Waals surface area (Å²) in [4.78, 5) is 14.3. The van der Waals surface area contributed by atoms with Gasteiger partial charge >= 0.3 is 0 Å². The Balaban J connectivity index is 1.68. The number of carbonyl (C=O) groups excluding carboxylic acids is 1. The van der Waals surface area contributed by atoms with E-state index in [9.17, 15) is 9.18 Å². The van der Waals surface area contributed by atoms with Crippen LogP contribution in [-0.2, 0) is 17.9 Å². The molecule has 5 heteroatoms. The van der Waals surface area contributed by atoms with Crippen molar-refractivity contribution in [1.29, 1.82) is 0 Å². The van der Waals surface area contributed by atoms with E-state index >= 15 is 0 Å². The minimum Gasteiger partial charge on any atom is -0.468 e. The van der Waals surface area contributed by atoms with E-state index in [4.69, 9.17) is 4.42 Å². The molecule has 3 rings (SSSR count). The molecule has 0 unspecified atom stereocenters. The molecule has 128 valence electrons.